The lowest BCUT2D eigenvalue weighted by Gasteiger charge is -2.29. The van der Waals surface area contributed by atoms with Crippen LogP contribution in [-0.4, -0.2) is 50.6 Å². The molecule has 0 atom stereocenters. The van der Waals surface area contributed by atoms with Crippen LogP contribution < -0.4 is 10.1 Å². The Morgan fingerprint density at radius 1 is 1.31 bits per heavy atom. The lowest BCUT2D eigenvalue weighted by molar-refractivity contribution is -0.126. The summed E-state index contributed by atoms with van der Waals surface area (Å²) >= 11 is 0. The van der Waals surface area contributed by atoms with Gasteiger partial charge < -0.3 is 10.1 Å². The van der Waals surface area contributed by atoms with E-state index in [1.54, 1.807) is 0 Å². The predicted molar refractivity (Wildman–Crippen MR) is 103 cm³/mol. The molecule has 0 radical (unpaired) electrons. The van der Waals surface area contributed by atoms with Crippen LogP contribution >= 0.6 is 0 Å². The molecule has 0 spiro atoms. The van der Waals surface area contributed by atoms with E-state index >= 15 is 0 Å². The van der Waals surface area contributed by atoms with Crippen LogP contribution in [0, 0.1) is 5.92 Å². The molecule has 0 saturated carbocycles. The number of nitrogens with one attached hydrogen (secondary N) is 1. The number of ether oxygens (including phenoxy) is 1. The largest absolute Gasteiger partial charge is 0.491 e. The van der Waals surface area contributed by atoms with E-state index < -0.39 is 10.0 Å². The molecule has 1 N–H and O–H groups in total. The SMILES string of the molecule is CC(C)Oc1cccc(CCCNC(=O)C2CCN(S(C)(=O)=O)CC2)c1. The minimum atomic E-state index is -3.15. The van der Waals surface area contributed by atoms with Gasteiger partial charge in [0, 0.05) is 25.6 Å². The third kappa shape index (κ3) is 6.61. The van der Waals surface area contributed by atoms with Crippen LogP contribution in [0.2, 0.25) is 0 Å². The van der Waals surface area contributed by atoms with Gasteiger partial charge in [0.25, 0.3) is 0 Å². The predicted octanol–water partition coefficient (Wildman–Crippen LogP) is 2.19. The second-order valence-corrected chi connectivity index (χ2v) is 9.13. The summed E-state index contributed by atoms with van der Waals surface area (Å²) in [6.07, 6.45) is 4.29. The van der Waals surface area contributed by atoms with Crippen molar-refractivity contribution in [3.63, 3.8) is 0 Å². The molecule has 1 fully saturated rings. The number of sulfonamides is 1. The minimum Gasteiger partial charge on any atom is -0.491 e. The van der Waals surface area contributed by atoms with Crippen LogP contribution in [0.1, 0.15) is 38.7 Å². The summed E-state index contributed by atoms with van der Waals surface area (Å²) in [5.41, 5.74) is 1.19. The molecule has 1 aliphatic heterocycles. The summed E-state index contributed by atoms with van der Waals surface area (Å²) in [4.78, 5) is 12.2. The van der Waals surface area contributed by atoms with Crippen molar-refractivity contribution in [2.24, 2.45) is 5.92 Å². The van der Waals surface area contributed by atoms with Crippen molar-refractivity contribution in [1.29, 1.82) is 0 Å². The van der Waals surface area contributed by atoms with Gasteiger partial charge in [-0.15, -0.1) is 0 Å². The molecular weight excluding hydrogens is 352 g/mol. The monoisotopic (exact) mass is 382 g/mol. The molecule has 1 aromatic carbocycles. The molecule has 1 saturated heterocycles. The number of carbonyl (C=O) groups is 1. The van der Waals surface area contributed by atoms with Crippen LogP contribution in [0.4, 0.5) is 0 Å². The van der Waals surface area contributed by atoms with Gasteiger partial charge in [0.05, 0.1) is 12.4 Å². The van der Waals surface area contributed by atoms with E-state index in [0.717, 1.165) is 18.6 Å². The first-order valence-electron chi connectivity index (χ1n) is 9.24. The summed E-state index contributed by atoms with van der Waals surface area (Å²) in [6.45, 7) is 5.49. The third-order valence-electron chi connectivity index (χ3n) is 4.51. The topological polar surface area (TPSA) is 75.7 Å². The first-order valence-corrected chi connectivity index (χ1v) is 11.1. The third-order valence-corrected chi connectivity index (χ3v) is 5.81. The summed E-state index contributed by atoms with van der Waals surface area (Å²) in [5.74, 6) is 0.824. The van der Waals surface area contributed by atoms with Crippen molar-refractivity contribution in [1.82, 2.24) is 9.62 Å². The molecule has 2 rings (SSSR count). The van der Waals surface area contributed by atoms with Gasteiger partial charge in [0.2, 0.25) is 15.9 Å². The molecule has 0 bridgehead atoms. The molecule has 0 aliphatic carbocycles. The van der Waals surface area contributed by atoms with Crippen molar-refractivity contribution >= 4 is 15.9 Å². The Balaban J connectivity index is 1.69. The highest BCUT2D eigenvalue weighted by Gasteiger charge is 2.28. The zero-order valence-electron chi connectivity index (χ0n) is 15.9. The molecular formula is C19H30N2O4S. The molecule has 1 aliphatic rings. The Hall–Kier alpha value is -1.60. The number of aryl methyl sites for hydroxylation is 1. The average molecular weight is 383 g/mol. The maximum absolute atomic E-state index is 12.2. The number of amides is 1. The van der Waals surface area contributed by atoms with E-state index in [0.29, 0.717) is 32.5 Å². The molecule has 146 valence electrons. The van der Waals surface area contributed by atoms with Crippen LogP contribution in [0.15, 0.2) is 24.3 Å². The normalized spacial score (nSPS) is 16.6. The molecule has 6 nitrogen and oxygen atoms in total. The van der Waals surface area contributed by atoms with Gasteiger partial charge >= 0.3 is 0 Å². The number of nitrogens with zero attached hydrogens (tertiary/aromatic N) is 1. The van der Waals surface area contributed by atoms with Gasteiger partial charge in [-0.3, -0.25) is 4.79 Å². The van der Waals surface area contributed by atoms with E-state index in [9.17, 15) is 13.2 Å². The van der Waals surface area contributed by atoms with E-state index in [4.69, 9.17) is 4.74 Å². The molecule has 26 heavy (non-hydrogen) atoms. The van der Waals surface area contributed by atoms with Crippen LogP contribution in [-0.2, 0) is 21.2 Å². The fourth-order valence-electron chi connectivity index (χ4n) is 3.14. The molecule has 7 heteroatoms. The smallest absolute Gasteiger partial charge is 0.223 e. The Morgan fingerprint density at radius 3 is 2.62 bits per heavy atom. The van der Waals surface area contributed by atoms with Gasteiger partial charge in [-0.25, -0.2) is 12.7 Å². The second-order valence-electron chi connectivity index (χ2n) is 7.14. The van der Waals surface area contributed by atoms with Gasteiger partial charge in [0.15, 0.2) is 0 Å². The molecule has 1 aromatic rings. The lowest BCUT2D eigenvalue weighted by atomic mass is 9.97. The lowest BCUT2D eigenvalue weighted by Crippen LogP contribution is -2.42. The summed E-state index contributed by atoms with van der Waals surface area (Å²) < 4.78 is 30.2. The number of hydrogen-bond donors (Lipinski definition) is 1. The van der Waals surface area contributed by atoms with Crippen molar-refractivity contribution < 1.29 is 17.9 Å². The zero-order valence-corrected chi connectivity index (χ0v) is 16.7. The maximum Gasteiger partial charge on any atom is 0.223 e. The number of benzene rings is 1. The Labute approximate surface area is 157 Å². The van der Waals surface area contributed by atoms with Crippen molar-refractivity contribution in [3.8, 4) is 5.75 Å². The number of rotatable bonds is 8. The molecule has 1 amide bonds. The van der Waals surface area contributed by atoms with E-state index in [1.165, 1.54) is 16.1 Å². The maximum atomic E-state index is 12.2. The standard InChI is InChI=1S/C19H30N2O4S/c1-15(2)25-18-8-4-6-16(14-18)7-5-11-20-19(22)17-9-12-21(13-10-17)26(3,23)24/h4,6,8,14-15,17H,5,7,9-13H2,1-3H3,(H,20,22). The quantitative estimate of drug-likeness (QED) is 0.700. The second kappa shape index (κ2) is 9.37. The highest BCUT2D eigenvalue weighted by atomic mass is 32.2. The first kappa shape index (κ1) is 20.7. The van der Waals surface area contributed by atoms with E-state index in [-0.39, 0.29) is 17.9 Å². The number of carbonyl (C=O) groups excluding carboxylic acids is 1. The fraction of sp³-hybridized carbons (Fsp3) is 0.632. The molecule has 1 heterocycles. The Morgan fingerprint density at radius 2 is 2.00 bits per heavy atom. The van der Waals surface area contributed by atoms with Gasteiger partial charge in [-0.05, 0) is 57.2 Å². The Kier molecular flexibility index (Phi) is 7.46. The number of hydrogen-bond acceptors (Lipinski definition) is 4. The highest BCUT2D eigenvalue weighted by Crippen LogP contribution is 2.19. The van der Waals surface area contributed by atoms with Gasteiger partial charge in [-0.1, -0.05) is 12.1 Å². The molecule has 0 unspecified atom stereocenters. The summed E-state index contributed by atoms with van der Waals surface area (Å²) in [7, 11) is -3.15. The number of piperidine rings is 1. The average Bonchev–Trinajstić information content (AvgIpc) is 2.57. The van der Waals surface area contributed by atoms with Crippen LogP contribution in [0.25, 0.3) is 0 Å². The van der Waals surface area contributed by atoms with Crippen molar-refractivity contribution in [2.75, 3.05) is 25.9 Å². The summed E-state index contributed by atoms with van der Waals surface area (Å²) in [6, 6.07) is 8.05. The van der Waals surface area contributed by atoms with Crippen LogP contribution in [0.3, 0.4) is 0 Å². The van der Waals surface area contributed by atoms with Crippen molar-refractivity contribution in [2.45, 2.75) is 45.6 Å². The zero-order chi connectivity index (χ0) is 19.2. The molecule has 0 aromatic heterocycles. The van der Waals surface area contributed by atoms with E-state index in [1.807, 2.05) is 32.0 Å². The first-order chi connectivity index (χ1) is 12.3. The fourth-order valence-corrected chi connectivity index (χ4v) is 4.02. The van der Waals surface area contributed by atoms with Gasteiger partial charge in [0.1, 0.15) is 5.75 Å². The minimum absolute atomic E-state index is 0.0371. The summed E-state index contributed by atoms with van der Waals surface area (Å²) in [5, 5.41) is 2.98. The van der Waals surface area contributed by atoms with E-state index in [2.05, 4.69) is 11.4 Å². The van der Waals surface area contributed by atoms with Crippen molar-refractivity contribution in [3.05, 3.63) is 29.8 Å². The Bertz CT molecular complexity index is 695. The highest BCUT2D eigenvalue weighted by molar-refractivity contribution is 7.88. The van der Waals surface area contributed by atoms with Crippen LogP contribution in [0.5, 0.6) is 5.75 Å². The van der Waals surface area contributed by atoms with Gasteiger partial charge in [-0.2, -0.15) is 0 Å².